The van der Waals surface area contributed by atoms with Crippen LogP contribution in [0.1, 0.15) is 116 Å². The van der Waals surface area contributed by atoms with Crippen molar-refractivity contribution >= 4 is 29.4 Å². The lowest BCUT2D eigenvalue weighted by molar-refractivity contribution is -0.338. The molecule has 18 nitrogen and oxygen atoms in total. The number of aliphatic hydroxyl groups excluding tert-OH is 5. The molecule has 2 amide bonds. The van der Waals surface area contributed by atoms with Crippen molar-refractivity contribution in [1.29, 1.82) is 0 Å². The fourth-order valence-corrected chi connectivity index (χ4v) is 9.50. The van der Waals surface area contributed by atoms with Gasteiger partial charge in [0, 0.05) is 38.6 Å². The first-order valence-corrected chi connectivity index (χ1v) is 23.0. The number of benzene rings is 1. The second-order valence-electron chi connectivity index (χ2n) is 18.2. The molecule has 64 heavy (non-hydrogen) atoms. The van der Waals surface area contributed by atoms with Crippen molar-refractivity contribution in [2.75, 3.05) is 6.61 Å². The number of hydrogen-bond donors (Lipinski definition) is 8. The van der Waals surface area contributed by atoms with E-state index >= 15 is 0 Å². The molecule has 15 atom stereocenters. The number of amides is 2. The minimum atomic E-state index is -1.65. The second-order valence-corrected chi connectivity index (χ2v) is 18.2. The molecular weight excluding hydrogens is 837 g/mol. The Bertz CT molecular complexity index is 1690. The van der Waals surface area contributed by atoms with Gasteiger partial charge in [-0.2, -0.15) is 0 Å². The van der Waals surface area contributed by atoms with E-state index in [0.29, 0.717) is 25.8 Å². The number of aliphatic hydroxyl groups is 5. The van der Waals surface area contributed by atoms with Gasteiger partial charge in [-0.1, -0.05) is 69.7 Å². The van der Waals surface area contributed by atoms with Crippen LogP contribution >= 0.6 is 0 Å². The largest absolute Gasteiger partial charge is 0.479 e. The van der Waals surface area contributed by atoms with Crippen molar-refractivity contribution in [2.24, 2.45) is 17.8 Å². The number of ether oxygens (including phenoxy) is 5. The minimum Gasteiger partial charge on any atom is -0.479 e. The number of aryl methyl sites for hydroxylation is 1. The molecule has 1 aromatic rings. The van der Waals surface area contributed by atoms with Gasteiger partial charge < -0.3 is 69.8 Å². The van der Waals surface area contributed by atoms with E-state index < -0.39 is 110 Å². The number of carbonyl (C=O) groups excluding carboxylic acids is 4. The van der Waals surface area contributed by atoms with E-state index in [9.17, 15) is 54.6 Å². The maximum absolute atomic E-state index is 14.1. The predicted molar refractivity (Wildman–Crippen MR) is 227 cm³/mol. The van der Waals surface area contributed by atoms with E-state index in [1.165, 1.54) is 20.8 Å². The van der Waals surface area contributed by atoms with E-state index in [4.69, 9.17) is 23.7 Å². The molecule has 0 spiro atoms. The maximum Gasteiger partial charge on any atom is 0.332 e. The number of carbonyl (C=O) groups is 5. The van der Waals surface area contributed by atoms with Gasteiger partial charge in [0.15, 0.2) is 18.7 Å². The zero-order valence-corrected chi connectivity index (χ0v) is 37.4. The number of carboxylic acids is 1. The van der Waals surface area contributed by atoms with Crippen LogP contribution in [0.25, 0.3) is 0 Å². The number of Topliss-reactive ketones (excluding diaryl/α,β-unsaturated/α-hetero) is 2. The van der Waals surface area contributed by atoms with Crippen molar-refractivity contribution < 1.29 is 78.3 Å². The summed E-state index contributed by atoms with van der Waals surface area (Å²) in [5.41, 5.74) is 1.75. The Morgan fingerprint density at radius 2 is 1.50 bits per heavy atom. The number of hydrogen-bond acceptors (Lipinski definition) is 15. The first kappa shape index (κ1) is 51.6. The first-order chi connectivity index (χ1) is 30.5. The molecule has 2 heterocycles. The summed E-state index contributed by atoms with van der Waals surface area (Å²) < 4.78 is 31.3. The molecular formula is C46H70N2O16. The molecule has 6 unspecified atom stereocenters. The van der Waals surface area contributed by atoms with Gasteiger partial charge >= 0.3 is 5.97 Å². The minimum absolute atomic E-state index is 0.0591. The van der Waals surface area contributed by atoms with E-state index in [0.717, 1.165) is 43.2 Å². The summed E-state index contributed by atoms with van der Waals surface area (Å²) in [7, 11) is 0. The molecule has 1 aromatic carbocycles. The third kappa shape index (κ3) is 14.0. The molecule has 2 saturated heterocycles. The summed E-state index contributed by atoms with van der Waals surface area (Å²) in [6, 6.07) is 6.19. The quantitative estimate of drug-likeness (QED) is 0.0870. The van der Waals surface area contributed by atoms with Crippen LogP contribution in [-0.4, -0.2) is 146 Å². The third-order valence-electron chi connectivity index (χ3n) is 13.3. The molecule has 360 valence electrons. The van der Waals surface area contributed by atoms with Crippen LogP contribution in [0.2, 0.25) is 0 Å². The monoisotopic (exact) mass is 906 g/mol. The SMILES string of the molecule is CCC1CC(C(=O)CCc2ccc(CNC(=O)CCC(C)=O)cc2)C[C@@H](O[C@@H]2O[C@@H](CO)[C@H](O)C(O[C@@H](CC3CCCCC3)C(=O)O)C2NC(C)=O)[C@@H]1O[C@@H]1OC(C)[C@@H](O)[C@H](O)C1O. The molecule has 4 aliphatic rings. The maximum atomic E-state index is 14.1. The Morgan fingerprint density at radius 3 is 2.12 bits per heavy atom. The first-order valence-electron chi connectivity index (χ1n) is 23.0. The van der Waals surface area contributed by atoms with E-state index in [1.807, 2.05) is 31.2 Å². The summed E-state index contributed by atoms with van der Waals surface area (Å²) in [6.45, 7) is 5.67. The highest BCUT2D eigenvalue weighted by Gasteiger charge is 2.53. The fourth-order valence-electron chi connectivity index (χ4n) is 9.50. The van der Waals surface area contributed by atoms with Gasteiger partial charge in [0.25, 0.3) is 0 Å². The molecule has 4 fully saturated rings. The van der Waals surface area contributed by atoms with Gasteiger partial charge in [-0.3, -0.25) is 14.4 Å². The zero-order valence-electron chi connectivity index (χ0n) is 37.4. The van der Waals surface area contributed by atoms with Crippen molar-refractivity contribution in [1.82, 2.24) is 10.6 Å². The van der Waals surface area contributed by atoms with Gasteiger partial charge in [0.2, 0.25) is 11.8 Å². The Labute approximate surface area is 374 Å². The lowest BCUT2D eigenvalue weighted by Gasteiger charge is -2.49. The van der Waals surface area contributed by atoms with Crippen LogP contribution in [-0.2, 0) is 60.6 Å². The zero-order chi connectivity index (χ0) is 46.7. The topological polar surface area (TPSA) is 277 Å². The summed E-state index contributed by atoms with van der Waals surface area (Å²) in [5, 5.41) is 69.8. The lowest BCUT2D eigenvalue weighted by atomic mass is 9.73. The highest BCUT2D eigenvalue weighted by molar-refractivity contribution is 5.83. The third-order valence-corrected chi connectivity index (χ3v) is 13.3. The lowest BCUT2D eigenvalue weighted by Crippen LogP contribution is -2.67. The van der Waals surface area contributed by atoms with Gasteiger partial charge in [0.1, 0.15) is 54.2 Å². The summed E-state index contributed by atoms with van der Waals surface area (Å²) in [5.74, 6) is -3.03. The molecule has 2 saturated carbocycles. The molecule has 0 bridgehead atoms. The summed E-state index contributed by atoms with van der Waals surface area (Å²) >= 11 is 0. The highest BCUT2D eigenvalue weighted by Crippen LogP contribution is 2.40. The van der Waals surface area contributed by atoms with Crippen molar-refractivity contribution in [2.45, 2.75) is 197 Å². The van der Waals surface area contributed by atoms with Gasteiger partial charge in [-0.15, -0.1) is 0 Å². The Hall–Kier alpha value is -3.43. The predicted octanol–water partition coefficient (Wildman–Crippen LogP) is 1.60. The van der Waals surface area contributed by atoms with Crippen LogP contribution in [0.3, 0.4) is 0 Å². The standard InChI is InChI=1S/C46H70N2O16/c1-5-30-20-31(32(52)17-16-27-12-14-29(15-13-27)22-47-36(53)18-11-24(2)50)21-33(42(30)64-46-41(57)40(56)38(54)25(3)60-46)62-45-37(48-26(4)51)43(39(55)35(23-49)63-45)61-34(44(58)59)19-28-9-7-6-8-10-28/h12-15,25,28,30-31,33-35,37-43,45-46,49,54-57H,5-11,16-23H2,1-4H3,(H,47,53)(H,48,51)(H,58,59)/t25?,30?,31?,33-,34+,35+,37?,38-,39+,40+,41?,42-,43?,45-,46+/m1/s1. The van der Waals surface area contributed by atoms with Gasteiger partial charge in [-0.05, 0) is 62.5 Å². The number of ketones is 2. The molecule has 5 rings (SSSR count). The molecule has 2 aliphatic heterocycles. The summed E-state index contributed by atoms with van der Waals surface area (Å²) in [4.78, 5) is 62.8. The molecule has 2 aliphatic carbocycles. The smallest absolute Gasteiger partial charge is 0.332 e. The Balaban J connectivity index is 1.37. The number of carboxylic acid groups (broad SMARTS) is 1. The number of rotatable bonds is 21. The van der Waals surface area contributed by atoms with Crippen molar-refractivity contribution in [3.63, 3.8) is 0 Å². The Morgan fingerprint density at radius 1 is 0.812 bits per heavy atom. The molecule has 8 N–H and O–H groups in total. The van der Waals surface area contributed by atoms with Crippen LogP contribution < -0.4 is 10.6 Å². The normalized spacial score (nSPS) is 34.1. The van der Waals surface area contributed by atoms with Crippen molar-refractivity contribution in [3.8, 4) is 0 Å². The molecule has 0 radical (unpaired) electrons. The highest BCUT2D eigenvalue weighted by atomic mass is 16.7. The van der Waals surface area contributed by atoms with E-state index in [1.54, 1.807) is 0 Å². The van der Waals surface area contributed by atoms with Crippen molar-refractivity contribution in [3.05, 3.63) is 35.4 Å². The van der Waals surface area contributed by atoms with Gasteiger partial charge in [0.05, 0.1) is 24.9 Å². The number of aliphatic carboxylic acids is 1. The summed E-state index contributed by atoms with van der Waals surface area (Å²) in [6.07, 6.45) is -9.48. The molecule has 0 aromatic heterocycles. The molecule has 18 heteroatoms. The average molecular weight is 907 g/mol. The Kier molecular flexibility index (Phi) is 19.6. The second kappa shape index (κ2) is 24.4. The van der Waals surface area contributed by atoms with E-state index in [-0.39, 0.29) is 55.5 Å². The van der Waals surface area contributed by atoms with Crippen LogP contribution in [0, 0.1) is 17.8 Å². The fraction of sp³-hybridized carbons (Fsp3) is 0.761. The van der Waals surface area contributed by atoms with Crippen LogP contribution in [0.5, 0.6) is 0 Å². The van der Waals surface area contributed by atoms with E-state index in [2.05, 4.69) is 10.6 Å². The van der Waals surface area contributed by atoms with Crippen LogP contribution in [0.4, 0.5) is 0 Å². The average Bonchev–Trinajstić information content (AvgIpc) is 3.27. The van der Waals surface area contributed by atoms with Gasteiger partial charge in [-0.25, -0.2) is 4.79 Å². The van der Waals surface area contributed by atoms with Crippen LogP contribution in [0.15, 0.2) is 24.3 Å². The number of nitrogens with one attached hydrogen (secondary N) is 2.